The summed E-state index contributed by atoms with van der Waals surface area (Å²) in [5, 5.41) is 8.76. The molecule has 0 aliphatic carbocycles. The van der Waals surface area contributed by atoms with Crippen molar-refractivity contribution in [3.05, 3.63) is 30.3 Å². The first kappa shape index (κ1) is 8.91. The van der Waals surface area contributed by atoms with Crippen LogP contribution in [0.1, 0.15) is 0 Å². The number of benzene rings is 1. The Morgan fingerprint density at radius 1 is 1.36 bits per heavy atom. The van der Waals surface area contributed by atoms with Crippen molar-refractivity contribution in [1.29, 1.82) is 0 Å². The molecule has 0 fully saturated rings. The Kier molecular flexibility index (Phi) is 3.77. The number of thioether (sulfide) groups is 1. The number of aliphatic hydroxyl groups is 1. The van der Waals surface area contributed by atoms with E-state index in [4.69, 9.17) is 16.7 Å². The summed E-state index contributed by atoms with van der Waals surface area (Å²) in [6.07, 6.45) is 0. The topological polar surface area (TPSA) is 20.2 Å². The predicted molar refractivity (Wildman–Crippen MR) is 49.0 cm³/mol. The van der Waals surface area contributed by atoms with E-state index in [0.717, 1.165) is 4.90 Å². The minimum absolute atomic E-state index is 0.533. The van der Waals surface area contributed by atoms with Gasteiger partial charge in [0.1, 0.15) is 5.56 Å². The molecule has 0 bridgehead atoms. The Bertz CT molecular complexity index is 201. The second kappa shape index (κ2) is 4.65. The van der Waals surface area contributed by atoms with E-state index in [9.17, 15) is 0 Å². The van der Waals surface area contributed by atoms with E-state index in [1.165, 1.54) is 0 Å². The number of rotatable bonds is 3. The third-order valence-electron chi connectivity index (χ3n) is 1.13. The maximum absolute atomic E-state index is 8.76. The number of alkyl halides is 1. The van der Waals surface area contributed by atoms with Gasteiger partial charge in [-0.25, -0.2) is 0 Å². The molecule has 0 radical (unpaired) electrons. The third kappa shape index (κ3) is 3.65. The summed E-state index contributed by atoms with van der Waals surface area (Å²) < 4.78 is 0. The van der Waals surface area contributed by atoms with E-state index in [2.05, 4.69) is 0 Å². The first-order chi connectivity index (χ1) is 5.29. The lowest BCUT2D eigenvalue weighted by Crippen LogP contribution is -1.97. The van der Waals surface area contributed by atoms with Gasteiger partial charge in [0.25, 0.3) is 0 Å². The fourth-order valence-electron chi connectivity index (χ4n) is 0.682. The van der Waals surface area contributed by atoms with Gasteiger partial charge in [-0.15, -0.1) is 11.8 Å². The van der Waals surface area contributed by atoms with Crippen LogP contribution in [0.25, 0.3) is 0 Å². The van der Waals surface area contributed by atoms with Gasteiger partial charge < -0.3 is 5.11 Å². The summed E-state index contributed by atoms with van der Waals surface area (Å²) in [5.74, 6) is 0.533. The lowest BCUT2D eigenvalue weighted by Gasteiger charge is -2.00. The summed E-state index contributed by atoms with van der Waals surface area (Å²) in [6, 6.07) is 9.86. The number of halogens is 1. The van der Waals surface area contributed by atoms with Crippen LogP contribution in [0.15, 0.2) is 35.2 Å². The fraction of sp³-hybridized carbons (Fsp3) is 0.250. The molecule has 60 valence electrons. The van der Waals surface area contributed by atoms with Crippen LogP contribution in [-0.4, -0.2) is 16.4 Å². The summed E-state index contributed by atoms with van der Waals surface area (Å²) in [5.41, 5.74) is -0.750. The Hall–Kier alpha value is -0.180. The molecule has 1 unspecified atom stereocenters. The maximum atomic E-state index is 8.76. The largest absolute Gasteiger partial charge is 0.377 e. The molecule has 1 nitrogen and oxygen atoms in total. The molecule has 0 saturated heterocycles. The van der Waals surface area contributed by atoms with Crippen LogP contribution in [0, 0.1) is 0 Å². The van der Waals surface area contributed by atoms with Gasteiger partial charge in [-0.1, -0.05) is 29.8 Å². The van der Waals surface area contributed by atoms with E-state index < -0.39 is 5.56 Å². The van der Waals surface area contributed by atoms with Gasteiger partial charge in [-0.05, 0) is 12.1 Å². The van der Waals surface area contributed by atoms with E-state index >= 15 is 0 Å². The highest BCUT2D eigenvalue weighted by atomic mass is 35.5. The van der Waals surface area contributed by atoms with Crippen LogP contribution in [0.5, 0.6) is 0 Å². The molecule has 1 atom stereocenters. The molecular weight excluding hydrogens is 180 g/mol. The summed E-state index contributed by atoms with van der Waals surface area (Å²) in [4.78, 5) is 1.13. The molecule has 1 aromatic carbocycles. The van der Waals surface area contributed by atoms with Crippen molar-refractivity contribution in [2.24, 2.45) is 0 Å². The first-order valence-electron chi connectivity index (χ1n) is 3.29. The molecule has 0 amide bonds. The van der Waals surface area contributed by atoms with Gasteiger partial charge in [-0.3, -0.25) is 0 Å². The molecule has 0 heterocycles. The highest BCUT2D eigenvalue weighted by Crippen LogP contribution is 2.18. The van der Waals surface area contributed by atoms with Crippen LogP contribution in [0.2, 0.25) is 0 Å². The SMILES string of the molecule is OC(Cl)CSc1ccccc1. The fourth-order valence-corrected chi connectivity index (χ4v) is 1.55. The molecule has 11 heavy (non-hydrogen) atoms. The first-order valence-corrected chi connectivity index (χ1v) is 4.71. The molecule has 3 heteroatoms. The maximum Gasteiger partial charge on any atom is 0.137 e. The molecule has 1 N–H and O–H groups in total. The van der Waals surface area contributed by atoms with Gasteiger partial charge in [-0.2, -0.15) is 0 Å². The second-order valence-corrected chi connectivity index (χ2v) is 3.66. The van der Waals surface area contributed by atoms with Crippen LogP contribution in [0.4, 0.5) is 0 Å². The van der Waals surface area contributed by atoms with Crippen molar-refractivity contribution in [3.8, 4) is 0 Å². The van der Waals surface area contributed by atoms with Crippen molar-refractivity contribution in [2.75, 3.05) is 5.75 Å². The highest BCUT2D eigenvalue weighted by Gasteiger charge is 1.98. The zero-order valence-electron chi connectivity index (χ0n) is 5.90. The average Bonchev–Trinajstić information content (AvgIpc) is 2.03. The van der Waals surface area contributed by atoms with Crippen molar-refractivity contribution in [1.82, 2.24) is 0 Å². The molecule has 0 aliphatic heterocycles. The summed E-state index contributed by atoms with van der Waals surface area (Å²) in [6.45, 7) is 0. The molecule has 0 spiro atoms. The van der Waals surface area contributed by atoms with Gasteiger partial charge in [0, 0.05) is 10.6 Å². The minimum atomic E-state index is -0.750. The zero-order chi connectivity index (χ0) is 8.10. The smallest absolute Gasteiger partial charge is 0.137 e. The summed E-state index contributed by atoms with van der Waals surface area (Å²) in [7, 11) is 0. The molecular formula is C8H9ClOS. The van der Waals surface area contributed by atoms with Gasteiger partial charge >= 0.3 is 0 Å². The zero-order valence-corrected chi connectivity index (χ0v) is 7.48. The number of hydrogen-bond acceptors (Lipinski definition) is 2. The van der Waals surface area contributed by atoms with E-state index in [0.29, 0.717) is 5.75 Å². The average molecular weight is 189 g/mol. The number of aliphatic hydroxyl groups excluding tert-OH is 1. The molecule has 1 rings (SSSR count). The Balaban J connectivity index is 2.39. The van der Waals surface area contributed by atoms with Crippen LogP contribution < -0.4 is 0 Å². The van der Waals surface area contributed by atoms with Crippen molar-refractivity contribution < 1.29 is 5.11 Å². The van der Waals surface area contributed by atoms with Crippen molar-refractivity contribution >= 4 is 23.4 Å². The van der Waals surface area contributed by atoms with Crippen LogP contribution in [-0.2, 0) is 0 Å². The van der Waals surface area contributed by atoms with Crippen molar-refractivity contribution in [2.45, 2.75) is 10.5 Å². The summed E-state index contributed by atoms with van der Waals surface area (Å²) >= 11 is 6.91. The van der Waals surface area contributed by atoms with E-state index in [1.807, 2.05) is 30.3 Å². The Morgan fingerprint density at radius 2 is 2.00 bits per heavy atom. The predicted octanol–water partition coefficient (Wildman–Crippen LogP) is 2.34. The normalized spacial score (nSPS) is 12.9. The van der Waals surface area contributed by atoms with Gasteiger partial charge in [0.2, 0.25) is 0 Å². The Labute approximate surface area is 75.4 Å². The Morgan fingerprint density at radius 3 is 2.55 bits per heavy atom. The standard InChI is InChI=1S/C8H9ClOS/c9-8(10)6-11-7-4-2-1-3-5-7/h1-5,8,10H,6H2. The molecule has 0 aromatic heterocycles. The van der Waals surface area contributed by atoms with Gasteiger partial charge in [0.05, 0.1) is 0 Å². The lowest BCUT2D eigenvalue weighted by molar-refractivity contribution is 0.281. The minimum Gasteiger partial charge on any atom is -0.377 e. The lowest BCUT2D eigenvalue weighted by atomic mass is 10.4. The molecule has 0 aliphatic rings. The van der Waals surface area contributed by atoms with E-state index in [1.54, 1.807) is 11.8 Å². The van der Waals surface area contributed by atoms with Gasteiger partial charge in [0.15, 0.2) is 0 Å². The second-order valence-electron chi connectivity index (χ2n) is 2.06. The van der Waals surface area contributed by atoms with Crippen LogP contribution in [0.3, 0.4) is 0 Å². The number of hydrogen-bond donors (Lipinski definition) is 1. The molecule has 0 saturated carbocycles. The molecule has 1 aromatic rings. The third-order valence-corrected chi connectivity index (χ3v) is 2.56. The van der Waals surface area contributed by atoms with Crippen molar-refractivity contribution in [3.63, 3.8) is 0 Å². The quantitative estimate of drug-likeness (QED) is 0.581. The van der Waals surface area contributed by atoms with E-state index in [-0.39, 0.29) is 0 Å². The monoisotopic (exact) mass is 188 g/mol. The highest BCUT2D eigenvalue weighted by molar-refractivity contribution is 7.99. The van der Waals surface area contributed by atoms with Crippen LogP contribution >= 0.6 is 23.4 Å².